The Bertz CT molecular complexity index is 615. The summed E-state index contributed by atoms with van der Waals surface area (Å²) in [6.07, 6.45) is 4.02. The minimum atomic E-state index is -0.152. The number of anilines is 1. The molecule has 0 aliphatic heterocycles. The molecule has 1 fully saturated rings. The average Bonchev–Trinajstić information content (AvgIpc) is 3.06. The molecule has 1 aliphatic rings. The van der Waals surface area contributed by atoms with Gasteiger partial charge in [-0.25, -0.2) is 4.79 Å². The van der Waals surface area contributed by atoms with Crippen LogP contribution in [0.5, 0.6) is 0 Å². The summed E-state index contributed by atoms with van der Waals surface area (Å²) < 4.78 is 1.91. The molecule has 0 saturated heterocycles. The van der Waals surface area contributed by atoms with Gasteiger partial charge in [0.15, 0.2) is 5.65 Å². The predicted molar refractivity (Wildman–Crippen MR) is 72.3 cm³/mol. The highest BCUT2D eigenvalue weighted by Gasteiger charge is 2.23. The third-order valence-electron chi connectivity index (χ3n) is 3.12. The zero-order valence-corrected chi connectivity index (χ0v) is 11.1. The molecule has 3 rings (SSSR count). The van der Waals surface area contributed by atoms with Crippen LogP contribution in [-0.4, -0.2) is 26.7 Å². The second-order valence-electron chi connectivity index (χ2n) is 5.23. The number of amides is 2. The van der Waals surface area contributed by atoms with Crippen molar-refractivity contribution in [2.24, 2.45) is 0 Å². The number of rotatable bonds is 3. The fraction of sp³-hybridized carbons (Fsp3) is 0.462. The quantitative estimate of drug-likeness (QED) is 0.887. The first-order valence-electron chi connectivity index (χ1n) is 6.55. The number of urea groups is 1. The summed E-state index contributed by atoms with van der Waals surface area (Å²) >= 11 is 0. The van der Waals surface area contributed by atoms with Gasteiger partial charge in [-0.2, -0.15) is 0 Å². The number of carbonyl (C=O) groups is 1. The number of nitrogens with zero attached hydrogens (tertiary/aromatic N) is 3. The van der Waals surface area contributed by atoms with E-state index in [0.29, 0.717) is 6.04 Å². The fourth-order valence-electron chi connectivity index (χ4n) is 1.96. The minimum absolute atomic E-state index is 0.152. The van der Waals surface area contributed by atoms with Gasteiger partial charge < -0.3 is 10.6 Å². The van der Waals surface area contributed by atoms with Crippen LogP contribution < -0.4 is 10.6 Å². The Kier molecular flexibility index (Phi) is 2.85. The molecule has 1 aliphatic carbocycles. The van der Waals surface area contributed by atoms with Crippen LogP contribution in [0.3, 0.4) is 0 Å². The molecule has 0 atom stereocenters. The number of fused-ring (bicyclic) bond motifs is 1. The first-order chi connectivity index (χ1) is 9.13. The van der Waals surface area contributed by atoms with Crippen LogP contribution in [0.25, 0.3) is 5.65 Å². The molecule has 0 unspecified atom stereocenters. The largest absolute Gasteiger partial charge is 0.335 e. The number of carbonyl (C=O) groups excluding carboxylic acids is 1. The molecule has 0 bridgehead atoms. The predicted octanol–water partition coefficient (Wildman–Crippen LogP) is 2.14. The SMILES string of the molecule is CC(C)c1nnc2ccc(NC(=O)NC3CC3)cn12. The summed E-state index contributed by atoms with van der Waals surface area (Å²) in [5, 5.41) is 14.0. The lowest BCUT2D eigenvalue weighted by Gasteiger charge is -2.08. The van der Waals surface area contributed by atoms with Gasteiger partial charge in [0.05, 0.1) is 5.69 Å². The molecule has 2 aromatic heterocycles. The van der Waals surface area contributed by atoms with Gasteiger partial charge in [0.2, 0.25) is 0 Å². The van der Waals surface area contributed by atoms with Gasteiger partial charge in [0.25, 0.3) is 0 Å². The van der Waals surface area contributed by atoms with Crippen molar-refractivity contribution in [1.82, 2.24) is 19.9 Å². The van der Waals surface area contributed by atoms with Crippen LogP contribution in [0.2, 0.25) is 0 Å². The van der Waals surface area contributed by atoms with Crippen LogP contribution in [0.15, 0.2) is 18.3 Å². The molecule has 0 spiro atoms. The van der Waals surface area contributed by atoms with Gasteiger partial charge in [-0.1, -0.05) is 13.8 Å². The summed E-state index contributed by atoms with van der Waals surface area (Å²) in [5.74, 6) is 1.17. The lowest BCUT2D eigenvalue weighted by atomic mass is 10.2. The van der Waals surface area contributed by atoms with Gasteiger partial charge in [-0.15, -0.1) is 10.2 Å². The van der Waals surface area contributed by atoms with Crippen molar-refractivity contribution >= 4 is 17.4 Å². The Morgan fingerprint density at radius 3 is 2.84 bits per heavy atom. The van der Waals surface area contributed by atoms with Crippen molar-refractivity contribution in [1.29, 1.82) is 0 Å². The molecule has 19 heavy (non-hydrogen) atoms. The maximum atomic E-state index is 11.7. The van der Waals surface area contributed by atoms with Crippen LogP contribution >= 0.6 is 0 Å². The smallest absolute Gasteiger partial charge is 0.319 e. The normalized spacial score (nSPS) is 14.9. The Hall–Kier alpha value is -2.11. The van der Waals surface area contributed by atoms with E-state index in [2.05, 4.69) is 34.7 Å². The van der Waals surface area contributed by atoms with E-state index in [4.69, 9.17) is 0 Å². The molecule has 100 valence electrons. The van der Waals surface area contributed by atoms with Crippen molar-refractivity contribution < 1.29 is 4.79 Å². The Morgan fingerprint density at radius 2 is 2.16 bits per heavy atom. The first-order valence-corrected chi connectivity index (χ1v) is 6.55. The summed E-state index contributed by atoms with van der Waals surface area (Å²) in [5.41, 5.74) is 1.53. The molecule has 6 heteroatoms. The molecule has 1 saturated carbocycles. The second-order valence-corrected chi connectivity index (χ2v) is 5.23. The van der Waals surface area contributed by atoms with E-state index in [0.717, 1.165) is 30.0 Å². The maximum absolute atomic E-state index is 11.7. The molecule has 2 N–H and O–H groups in total. The molecular formula is C13H17N5O. The molecule has 2 amide bonds. The van der Waals surface area contributed by atoms with Crippen molar-refractivity contribution in [2.45, 2.75) is 38.6 Å². The first kappa shape index (κ1) is 12.0. The third-order valence-corrected chi connectivity index (χ3v) is 3.12. The van der Waals surface area contributed by atoms with Crippen LogP contribution in [0.1, 0.15) is 38.4 Å². The van der Waals surface area contributed by atoms with E-state index >= 15 is 0 Å². The zero-order valence-electron chi connectivity index (χ0n) is 11.1. The van der Waals surface area contributed by atoms with E-state index < -0.39 is 0 Å². The van der Waals surface area contributed by atoms with Crippen LogP contribution in [0, 0.1) is 0 Å². The summed E-state index contributed by atoms with van der Waals surface area (Å²) in [4.78, 5) is 11.7. The Labute approximate surface area is 111 Å². The standard InChI is InChI=1S/C13H17N5O/c1-8(2)12-17-16-11-6-5-10(7-18(11)12)15-13(19)14-9-3-4-9/h5-9H,3-4H2,1-2H3,(H2,14,15,19). The van der Waals surface area contributed by atoms with E-state index in [9.17, 15) is 4.79 Å². The minimum Gasteiger partial charge on any atom is -0.335 e. The monoisotopic (exact) mass is 259 g/mol. The molecule has 6 nitrogen and oxygen atoms in total. The molecule has 0 radical (unpaired) electrons. The average molecular weight is 259 g/mol. The van der Waals surface area contributed by atoms with Gasteiger partial charge in [0, 0.05) is 18.2 Å². The van der Waals surface area contributed by atoms with E-state index in [1.54, 1.807) is 0 Å². The topological polar surface area (TPSA) is 71.3 Å². The van der Waals surface area contributed by atoms with Crippen LogP contribution in [0.4, 0.5) is 10.5 Å². The molecule has 2 heterocycles. The van der Waals surface area contributed by atoms with Crippen molar-refractivity contribution in [3.8, 4) is 0 Å². The van der Waals surface area contributed by atoms with Gasteiger partial charge in [-0.3, -0.25) is 4.40 Å². The fourth-order valence-corrected chi connectivity index (χ4v) is 1.96. The number of pyridine rings is 1. The molecule has 0 aromatic carbocycles. The summed E-state index contributed by atoms with van der Waals surface area (Å²) in [7, 11) is 0. The zero-order chi connectivity index (χ0) is 13.4. The summed E-state index contributed by atoms with van der Waals surface area (Å²) in [6.45, 7) is 4.13. The highest BCUT2D eigenvalue weighted by Crippen LogP contribution is 2.19. The Balaban J connectivity index is 1.83. The van der Waals surface area contributed by atoms with E-state index in [1.165, 1.54) is 0 Å². The van der Waals surface area contributed by atoms with Crippen LogP contribution in [-0.2, 0) is 0 Å². The van der Waals surface area contributed by atoms with Gasteiger partial charge >= 0.3 is 6.03 Å². The molecule has 2 aromatic rings. The van der Waals surface area contributed by atoms with E-state index in [1.807, 2.05) is 22.7 Å². The Morgan fingerprint density at radius 1 is 1.37 bits per heavy atom. The number of hydrogen-bond donors (Lipinski definition) is 2. The number of nitrogens with one attached hydrogen (secondary N) is 2. The van der Waals surface area contributed by atoms with Crippen molar-refractivity contribution in [3.63, 3.8) is 0 Å². The third kappa shape index (κ3) is 2.52. The van der Waals surface area contributed by atoms with E-state index in [-0.39, 0.29) is 11.9 Å². The van der Waals surface area contributed by atoms with Crippen molar-refractivity contribution in [2.75, 3.05) is 5.32 Å². The second kappa shape index (κ2) is 4.53. The highest BCUT2D eigenvalue weighted by molar-refractivity contribution is 5.89. The highest BCUT2D eigenvalue weighted by atomic mass is 16.2. The molecular weight excluding hydrogens is 242 g/mol. The summed E-state index contributed by atoms with van der Waals surface area (Å²) in [6, 6.07) is 3.89. The number of aromatic nitrogens is 3. The lowest BCUT2D eigenvalue weighted by Crippen LogP contribution is -2.30. The van der Waals surface area contributed by atoms with Gasteiger partial charge in [0.1, 0.15) is 5.82 Å². The number of hydrogen-bond acceptors (Lipinski definition) is 3. The van der Waals surface area contributed by atoms with Crippen molar-refractivity contribution in [3.05, 3.63) is 24.2 Å². The lowest BCUT2D eigenvalue weighted by molar-refractivity contribution is 0.251. The maximum Gasteiger partial charge on any atom is 0.319 e. The van der Waals surface area contributed by atoms with Gasteiger partial charge in [-0.05, 0) is 25.0 Å².